The fourth-order valence-corrected chi connectivity index (χ4v) is 5.31. The molecule has 2 N–H and O–H groups in total. The van der Waals surface area contributed by atoms with Crippen LogP contribution >= 0.6 is 11.6 Å². The summed E-state index contributed by atoms with van der Waals surface area (Å²) in [5.41, 5.74) is 2.63. The standard InChI is InChI=1S/C29H41ClFN5O2/c1-6-19(2)18-36(29(38)34-24-9-7-23(31)8-10-24)25-12-15-35(16-13-25)21(4)11-14-32-28(37)27-20(3)17-26(30)33-22(27)5/h7-10,17,19,21,25H,6,11-16,18H2,1-5H3,(H,32,37)(H,34,38)/t19?,21-/m1/s1. The summed E-state index contributed by atoms with van der Waals surface area (Å²) in [7, 11) is 0. The van der Waals surface area contributed by atoms with Gasteiger partial charge in [-0.3, -0.25) is 4.79 Å². The number of hydrogen-bond acceptors (Lipinski definition) is 4. The Bertz CT molecular complexity index is 1070. The minimum Gasteiger partial charge on any atom is -0.352 e. The maximum atomic E-state index is 13.3. The molecular weight excluding hydrogens is 505 g/mol. The SMILES string of the molecule is CCC(C)CN(C(=O)Nc1ccc(F)cc1)C1CCN([C@H](C)CCNC(=O)c2c(C)cc(Cl)nc2C)CC1. The van der Waals surface area contributed by atoms with Crippen molar-refractivity contribution in [1.29, 1.82) is 0 Å². The molecule has 1 saturated heterocycles. The largest absolute Gasteiger partial charge is 0.352 e. The average Bonchev–Trinajstić information content (AvgIpc) is 2.87. The van der Waals surface area contributed by atoms with Crippen LogP contribution < -0.4 is 10.6 Å². The summed E-state index contributed by atoms with van der Waals surface area (Å²) >= 11 is 5.99. The van der Waals surface area contributed by atoms with E-state index in [-0.39, 0.29) is 23.8 Å². The molecule has 2 atom stereocenters. The van der Waals surface area contributed by atoms with E-state index in [1.165, 1.54) is 12.1 Å². The second-order valence-electron chi connectivity index (χ2n) is 10.5. The van der Waals surface area contributed by atoms with Crippen molar-refractivity contribution in [3.05, 3.63) is 58.1 Å². The van der Waals surface area contributed by atoms with Gasteiger partial charge in [0.15, 0.2) is 0 Å². The summed E-state index contributed by atoms with van der Waals surface area (Å²) in [6.45, 7) is 13.2. The molecule has 1 aromatic heterocycles. The Morgan fingerprint density at radius 3 is 2.45 bits per heavy atom. The van der Waals surface area contributed by atoms with Gasteiger partial charge in [-0.2, -0.15) is 0 Å². The zero-order chi connectivity index (χ0) is 27.8. The third-order valence-corrected chi connectivity index (χ3v) is 7.76. The molecule has 3 amide bonds. The second-order valence-corrected chi connectivity index (χ2v) is 10.9. The van der Waals surface area contributed by atoms with Crippen LogP contribution in [0.3, 0.4) is 0 Å². The van der Waals surface area contributed by atoms with Crippen LogP contribution in [0.4, 0.5) is 14.9 Å². The maximum Gasteiger partial charge on any atom is 0.322 e. The number of nitrogens with one attached hydrogen (secondary N) is 2. The number of nitrogens with zero attached hydrogens (tertiary/aromatic N) is 3. The van der Waals surface area contributed by atoms with Crippen molar-refractivity contribution in [2.75, 3.05) is 31.5 Å². The number of urea groups is 1. The number of piperidine rings is 1. The van der Waals surface area contributed by atoms with Gasteiger partial charge in [0.1, 0.15) is 11.0 Å². The van der Waals surface area contributed by atoms with Crippen LogP contribution in [0.5, 0.6) is 0 Å². The van der Waals surface area contributed by atoms with Gasteiger partial charge in [-0.15, -0.1) is 0 Å². The highest BCUT2D eigenvalue weighted by Gasteiger charge is 2.30. The van der Waals surface area contributed by atoms with E-state index >= 15 is 0 Å². The van der Waals surface area contributed by atoms with Crippen LogP contribution in [0.1, 0.15) is 68.1 Å². The molecule has 0 bridgehead atoms. The van der Waals surface area contributed by atoms with Crippen molar-refractivity contribution in [2.24, 2.45) is 5.92 Å². The number of anilines is 1. The number of benzene rings is 1. The van der Waals surface area contributed by atoms with Gasteiger partial charge >= 0.3 is 6.03 Å². The first-order valence-electron chi connectivity index (χ1n) is 13.6. The van der Waals surface area contributed by atoms with E-state index < -0.39 is 0 Å². The molecule has 1 aromatic carbocycles. The van der Waals surface area contributed by atoms with Crippen molar-refractivity contribution in [2.45, 2.75) is 72.4 Å². The van der Waals surface area contributed by atoms with Gasteiger partial charge in [0, 0.05) is 44.0 Å². The monoisotopic (exact) mass is 545 g/mol. The van der Waals surface area contributed by atoms with Crippen LogP contribution in [0.2, 0.25) is 5.15 Å². The molecule has 9 heteroatoms. The molecule has 1 aliphatic heterocycles. The number of aryl methyl sites for hydroxylation is 2. The Labute approximate surface area is 231 Å². The zero-order valence-electron chi connectivity index (χ0n) is 23.2. The lowest BCUT2D eigenvalue weighted by Gasteiger charge is -2.41. The first kappa shape index (κ1) is 29.8. The molecule has 1 fully saturated rings. The van der Waals surface area contributed by atoms with Crippen molar-refractivity contribution in [3.8, 4) is 0 Å². The lowest BCUT2D eigenvalue weighted by molar-refractivity contribution is 0.0907. The number of carbonyl (C=O) groups excluding carboxylic acids is 2. The molecule has 2 heterocycles. The van der Waals surface area contributed by atoms with Crippen molar-refractivity contribution in [3.63, 3.8) is 0 Å². The zero-order valence-corrected chi connectivity index (χ0v) is 23.9. The number of hydrogen-bond donors (Lipinski definition) is 2. The molecule has 1 unspecified atom stereocenters. The number of carbonyl (C=O) groups is 2. The summed E-state index contributed by atoms with van der Waals surface area (Å²) in [6, 6.07) is 7.91. The van der Waals surface area contributed by atoms with Crippen molar-refractivity contribution in [1.82, 2.24) is 20.1 Å². The van der Waals surface area contributed by atoms with Gasteiger partial charge in [0.2, 0.25) is 0 Å². The smallest absolute Gasteiger partial charge is 0.322 e. The van der Waals surface area contributed by atoms with Crippen LogP contribution in [-0.2, 0) is 0 Å². The number of likely N-dealkylation sites (tertiary alicyclic amines) is 1. The minimum absolute atomic E-state index is 0.122. The molecule has 208 valence electrons. The Morgan fingerprint density at radius 1 is 1.18 bits per heavy atom. The van der Waals surface area contributed by atoms with E-state index in [9.17, 15) is 14.0 Å². The number of amides is 3. The minimum atomic E-state index is -0.326. The summed E-state index contributed by atoms with van der Waals surface area (Å²) in [6.07, 6.45) is 3.60. The van der Waals surface area contributed by atoms with Crippen LogP contribution in [0, 0.1) is 25.6 Å². The first-order chi connectivity index (χ1) is 18.1. The van der Waals surface area contributed by atoms with E-state index in [2.05, 4.69) is 41.3 Å². The van der Waals surface area contributed by atoms with Gasteiger partial charge < -0.3 is 20.4 Å². The van der Waals surface area contributed by atoms with Gasteiger partial charge in [0.25, 0.3) is 5.91 Å². The average molecular weight is 546 g/mol. The molecule has 0 radical (unpaired) electrons. The van der Waals surface area contributed by atoms with E-state index in [1.807, 2.05) is 11.8 Å². The number of rotatable bonds is 10. The Kier molecular flexibility index (Phi) is 10.9. The Balaban J connectivity index is 1.51. The summed E-state index contributed by atoms with van der Waals surface area (Å²) in [4.78, 5) is 34.5. The summed E-state index contributed by atoms with van der Waals surface area (Å²) < 4.78 is 13.3. The van der Waals surface area contributed by atoms with E-state index in [0.29, 0.717) is 47.1 Å². The topological polar surface area (TPSA) is 77.6 Å². The summed E-state index contributed by atoms with van der Waals surface area (Å²) in [5.74, 6) is -0.0618. The highest BCUT2D eigenvalue weighted by atomic mass is 35.5. The molecule has 3 rings (SSSR count). The molecule has 0 aliphatic carbocycles. The quantitative estimate of drug-likeness (QED) is 0.357. The highest BCUT2D eigenvalue weighted by Crippen LogP contribution is 2.23. The predicted molar refractivity (Wildman–Crippen MR) is 151 cm³/mol. The number of pyridine rings is 1. The molecule has 7 nitrogen and oxygen atoms in total. The van der Waals surface area contributed by atoms with Crippen molar-refractivity contribution >= 4 is 29.2 Å². The van der Waals surface area contributed by atoms with E-state index in [0.717, 1.165) is 44.3 Å². The molecule has 38 heavy (non-hydrogen) atoms. The predicted octanol–water partition coefficient (Wildman–Crippen LogP) is 6.04. The lowest BCUT2D eigenvalue weighted by atomic mass is 9.99. The fourth-order valence-electron chi connectivity index (χ4n) is 5.02. The van der Waals surface area contributed by atoms with Crippen LogP contribution in [0.15, 0.2) is 30.3 Å². The van der Waals surface area contributed by atoms with E-state index in [4.69, 9.17) is 11.6 Å². The normalized spacial score (nSPS) is 16.1. The van der Waals surface area contributed by atoms with Gasteiger partial charge in [-0.25, -0.2) is 14.2 Å². The highest BCUT2D eigenvalue weighted by molar-refractivity contribution is 6.29. The van der Waals surface area contributed by atoms with Gasteiger partial charge in [-0.05, 0) is 81.8 Å². The molecule has 2 aromatic rings. The number of aromatic nitrogens is 1. The van der Waals surface area contributed by atoms with Crippen LogP contribution in [-0.4, -0.2) is 65.0 Å². The molecule has 0 spiro atoms. The van der Waals surface area contributed by atoms with E-state index in [1.54, 1.807) is 25.1 Å². The molecular formula is C29H41ClFN5O2. The number of halogens is 2. The fraction of sp³-hybridized carbons (Fsp3) is 0.552. The van der Waals surface area contributed by atoms with Gasteiger partial charge in [0.05, 0.1) is 11.3 Å². The van der Waals surface area contributed by atoms with Gasteiger partial charge in [-0.1, -0.05) is 31.9 Å². The third-order valence-electron chi connectivity index (χ3n) is 7.57. The Hall–Kier alpha value is -2.71. The third kappa shape index (κ3) is 8.14. The second kappa shape index (κ2) is 13.9. The van der Waals surface area contributed by atoms with Crippen molar-refractivity contribution < 1.29 is 14.0 Å². The molecule has 1 aliphatic rings. The summed E-state index contributed by atoms with van der Waals surface area (Å²) in [5, 5.41) is 6.37. The molecule has 0 saturated carbocycles. The Morgan fingerprint density at radius 2 is 1.84 bits per heavy atom. The lowest BCUT2D eigenvalue weighted by Crippen LogP contribution is -2.51. The maximum absolute atomic E-state index is 13.3. The van der Waals surface area contributed by atoms with Crippen LogP contribution in [0.25, 0.3) is 0 Å². The first-order valence-corrected chi connectivity index (χ1v) is 14.0.